The summed E-state index contributed by atoms with van der Waals surface area (Å²) in [7, 11) is 0. The van der Waals surface area contributed by atoms with Crippen molar-refractivity contribution in [3.05, 3.63) is 128 Å². The summed E-state index contributed by atoms with van der Waals surface area (Å²) < 4.78 is 26.0. The van der Waals surface area contributed by atoms with E-state index in [0.717, 1.165) is 219 Å². The minimum Gasteiger partial charge on any atom is -0.462 e. The van der Waals surface area contributed by atoms with Gasteiger partial charge in [-0.05, 0) is 157 Å². The number of aromatic nitrogens is 5. The van der Waals surface area contributed by atoms with E-state index in [9.17, 15) is 14.4 Å². The third-order valence-electron chi connectivity index (χ3n) is 26.9. The quantitative estimate of drug-likeness (QED) is 0.0205. The lowest BCUT2D eigenvalue weighted by molar-refractivity contribution is 0.0493. The van der Waals surface area contributed by atoms with Gasteiger partial charge in [-0.2, -0.15) is 23.7 Å². The van der Waals surface area contributed by atoms with Crippen molar-refractivity contribution in [3.8, 4) is 71.0 Å². The van der Waals surface area contributed by atoms with Crippen LogP contribution in [-0.2, 0) is 28.9 Å². The molecule has 1 unspecified atom stereocenters. The fraction of sp³-hybridized carbons (Fsp3) is 0.536. The Morgan fingerprint density at radius 1 is 0.318 bits per heavy atom. The smallest absolute Gasteiger partial charge is 0.340 e. The number of fused-ring (bicyclic) bond motifs is 6. The molecule has 10 heterocycles. The van der Waals surface area contributed by atoms with Crippen LogP contribution in [0.4, 0.5) is 0 Å². The summed E-state index contributed by atoms with van der Waals surface area (Å²) in [6.07, 6.45) is 55.4. The van der Waals surface area contributed by atoms with Crippen molar-refractivity contribution < 1.29 is 28.7 Å². The maximum Gasteiger partial charge on any atom is 0.340 e. The van der Waals surface area contributed by atoms with E-state index in [4.69, 9.17) is 28.4 Å². The number of esters is 2. The molecule has 1 atom stereocenters. The molecule has 14 aromatic rings. The molecular formula is C112H143N5O6S9. The highest BCUT2D eigenvalue weighted by molar-refractivity contribution is 7.30. The molecular weight excluding hydrogens is 1800 g/mol. The van der Waals surface area contributed by atoms with E-state index in [1.807, 2.05) is 16.1 Å². The summed E-state index contributed by atoms with van der Waals surface area (Å²) in [6.45, 7) is 22.8. The van der Waals surface area contributed by atoms with Crippen LogP contribution in [0.15, 0.2) is 84.9 Å². The van der Waals surface area contributed by atoms with Crippen LogP contribution in [0.2, 0.25) is 0 Å². The molecule has 0 spiro atoms. The molecule has 0 radical (unpaired) electrons. The van der Waals surface area contributed by atoms with Crippen LogP contribution in [0.3, 0.4) is 0 Å². The van der Waals surface area contributed by atoms with Gasteiger partial charge in [-0.15, -0.1) is 90.7 Å². The zero-order chi connectivity index (χ0) is 92.2. The number of hydrogen-bond donors (Lipinski definition) is 0. The van der Waals surface area contributed by atoms with Crippen LogP contribution >= 0.6 is 102 Å². The fourth-order valence-corrected chi connectivity index (χ4v) is 29.6. The van der Waals surface area contributed by atoms with Crippen LogP contribution in [0.1, 0.15) is 400 Å². The number of aryl methyl sites for hydroxylation is 4. The van der Waals surface area contributed by atoms with Crippen LogP contribution in [0.25, 0.3) is 133 Å². The first kappa shape index (κ1) is 101. The Hall–Kier alpha value is -6.98. The monoisotopic (exact) mass is 1940 g/mol. The summed E-state index contributed by atoms with van der Waals surface area (Å²) in [4.78, 5) is 74.3. The first-order valence-electron chi connectivity index (χ1n) is 51.1. The molecule has 14 rings (SSSR count). The zero-order valence-electron chi connectivity index (χ0n) is 80.7. The third-order valence-corrected chi connectivity index (χ3v) is 37.1. The molecule has 132 heavy (non-hydrogen) atoms. The number of ether oxygens (including phenoxy) is 2. The number of thiophene rings is 8. The molecule has 0 amide bonds. The summed E-state index contributed by atoms with van der Waals surface area (Å²) in [5.41, 5.74) is 12.9. The number of hydrogen-bond acceptors (Lipinski definition) is 19. The molecule has 20 heteroatoms. The Kier molecular flexibility index (Phi) is 39.3. The lowest BCUT2D eigenvalue weighted by Gasteiger charge is -2.16. The van der Waals surface area contributed by atoms with E-state index in [2.05, 4.69) is 140 Å². The van der Waals surface area contributed by atoms with Crippen molar-refractivity contribution in [3.63, 3.8) is 0 Å². The maximum absolute atomic E-state index is 15.6. The van der Waals surface area contributed by atoms with Gasteiger partial charge < -0.3 is 9.47 Å². The molecule has 0 fully saturated rings. The molecule has 11 nitrogen and oxygen atoms in total. The van der Waals surface area contributed by atoms with Gasteiger partial charge in [0, 0.05) is 123 Å². The summed E-state index contributed by atoms with van der Waals surface area (Å²) in [5, 5.41) is 14.4. The van der Waals surface area contributed by atoms with Gasteiger partial charge in [0.15, 0.2) is 11.6 Å². The Morgan fingerprint density at radius 2 is 0.659 bits per heavy atom. The second-order valence-electron chi connectivity index (χ2n) is 37.4. The Balaban J connectivity index is 0.820. The van der Waals surface area contributed by atoms with Gasteiger partial charge in [-0.1, -0.05) is 310 Å². The van der Waals surface area contributed by atoms with Gasteiger partial charge in [-0.25, -0.2) is 9.59 Å². The van der Waals surface area contributed by atoms with E-state index >= 15 is 4.79 Å². The van der Waals surface area contributed by atoms with Crippen molar-refractivity contribution in [2.45, 2.75) is 371 Å². The highest BCUT2D eigenvalue weighted by atomic mass is 32.1. The van der Waals surface area contributed by atoms with E-state index in [1.54, 1.807) is 93.2 Å². The van der Waals surface area contributed by atoms with Gasteiger partial charge in [0.1, 0.15) is 22.1 Å². The molecule has 0 aliphatic rings. The molecule has 0 saturated carbocycles. The van der Waals surface area contributed by atoms with Crippen molar-refractivity contribution in [1.29, 1.82) is 0 Å². The third kappa shape index (κ3) is 25.7. The fourth-order valence-electron chi connectivity index (χ4n) is 19.5. The SMILES string of the molecule is CCCCCCCCCCCCOC(=O)c1c2cc(C)sc2c(C(C)=O)c2cc(-c3ccc(-c4ccc(-c5ccc(-c6cc7c(C(=O)OCCCCCCCCCCCC)c8sc(-c9sc(-c%10ccc(-c%11cc(CCCCCC)c(C)s%11)c%11nsnc%10%11)cc9CCCCCC)cc8c(C(C)=O)c7s6)s5)c5nn(CC(CCCCCCCC)CCCCCCCCCC)nc45)s3)sc12. The molecule has 0 saturated heterocycles. The average molecular weight is 1940 g/mol. The van der Waals surface area contributed by atoms with Gasteiger partial charge in [0.2, 0.25) is 0 Å². The van der Waals surface area contributed by atoms with Crippen LogP contribution in [0, 0.1) is 19.8 Å². The number of nitrogens with zero attached hydrogens (tertiary/aromatic N) is 5. The maximum atomic E-state index is 15.6. The first-order chi connectivity index (χ1) is 64.6. The second kappa shape index (κ2) is 51.4. The number of carbonyl (C=O) groups excluding carboxylic acids is 4. The standard InChI is InChI=1S/C112H143N5O6S9/c1-11-17-23-29-33-36-38-41-45-51-65-122-111(120)100-85-67-74(7)124-107(85)98(75(8)118)86-70-95(130-109(86)100)91-63-61-89(126-91)81-57-58-82(103-102(81)113-117(114-103)73-78(53-47-43-32-26-20-14-4)54-48-44-40-35-31-25-19-13-3)90-62-64-92(127-90)96-71-88-101(112(121)123-66-52-46-42-39-37-34-30-24-18-12-2)110-87(99(76(9)119)108(88)129-96)72-97(131-110)106-80(56-50-28-22-16-6)69-94(128-106)84-60-59-83(104-105(84)116-132-115-104)93-68-79(77(10)125-93)55-49-27-21-15-5/h57-64,67-72,78H,11-56,65-66,73H2,1-10H3. The first-order valence-corrected chi connectivity index (χ1v) is 58.3. The lowest BCUT2D eigenvalue weighted by atomic mass is 9.94. The number of ketones is 2. The van der Waals surface area contributed by atoms with Crippen molar-refractivity contribution in [2.75, 3.05) is 13.2 Å². The topological polar surface area (TPSA) is 143 Å². The number of rotatable bonds is 61. The predicted octanol–water partition coefficient (Wildman–Crippen LogP) is 38.5. The van der Waals surface area contributed by atoms with Gasteiger partial charge in [-0.3, -0.25) is 9.59 Å². The summed E-state index contributed by atoms with van der Waals surface area (Å²) >= 11 is 14.8. The zero-order valence-corrected chi connectivity index (χ0v) is 88.0. The summed E-state index contributed by atoms with van der Waals surface area (Å²) in [5.74, 6) is -0.284. The molecule has 0 aliphatic carbocycles. The average Bonchev–Trinajstić information content (AvgIpc) is 1.56. The van der Waals surface area contributed by atoms with Crippen LogP contribution in [0.5, 0.6) is 0 Å². The second-order valence-corrected chi connectivity index (χ2v) is 46.9. The minimum atomic E-state index is -0.340. The largest absolute Gasteiger partial charge is 0.462 e. The van der Waals surface area contributed by atoms with Crippen molar-refractivity contribution in [2.24, 2.45) is 5.92 Å². The number of unbranched alkanes of at least 4 members (excludes halogenated alkanes) is 36. The lowest BCUT2D eigenvalue weighted by Crippen LogP contribution is -2.14. The van der Waals surface area contributed by atoms with Crippen LogP contribution in [-0.4, -0.2) is 60.5 Å². The van der Waals surface area contributed by atoms with Gasteiger partial charge in [0.25, 0.3) is 0 Å². The number of benzene rings is 4. The molecule has 0 bridgehead atoms. The normalized spacial score (nSPS) is 12.2. The van der Waals surface area contributed by atoms with Crippen molar-refractivity contribution >= 4 is 188 Å². The Labute approximate surface area is 822 Å². The Bertz CT molecular complexity index is 6100. The highest BCUT2D eigenvalue weighted by Crippen LogP contribution is 2.54. The van der Waals surface area contributed by atoms with Crippen LogP contribution < -0.4 is 0 Å². The number of carbonyl (C=O) groups is 4. The van der Waals surface area contributed by atoms with E-state index in [-0.39, 0.29) is 23.5 Å². The molecule has 10 aromatic heterocycles. The molecule has 0 aliphatic heterocycles. The van der Waals surface area contributed by atoms with E-state index < -0.39 is 0 Å². The predicted molar refractivity (Wildman–Crippen MR) is 578 cm³/mol. The van der Waals surface area contributed by atoms with E-state index in [1.165, 1.54) is 249 Å². The van der Waals surface area contributed by atoms with Gasteiger partial charge >= 0.3 is 11.9 Å². The molecule has 706 valence electrons. The highest BCUT2D eigenvalue weighted by Gasteiger charge is 2.32. The minimum absolute atomic E-state index is 0.0175. The Morgan fingerprint density at radius 3 is 1.10 bits per heavy atom. The van der Waals surface area contributed by atoms with Crippen molar-refractivity contribution in [1.82, 2.24) is 23.7 Å². The molecule has 4 aromatic carbocycles. The number of Topliss-reactive ketones (excluding diaryl/α,β-unsaturated/α-hetero) is 2. The van der Waals surface area contributed by atoms with Gasteiger partial charge in [0.05, 0.1) is 52.0 Å². The summed E-state index contributed by atoms with van der Waals surface area (Å²) in [6, 6.07) is 31.3. The van der Waals surface area contributed by atoms with E-state index in [0.29, 0.717) is 41.4 Å². The molecule has 0 N–H and O–H groups in total.